The number of nitrogens with zero attached hydrogens (tertiary/aromatic N) is 1. The summed E-state index contributed by atoms with van der Waals surface area (Å²) in [5.41, 5.74) is 7.97. The van der Waals surface area contributed by atoms with Crippen LogP contribution < -0.4 is 15.8 Å². The number of para-hydroxylation sites is 1. The van der Waals surface area contributed by atoms with Crippen LogP contribution in [0, 0.1) is 0 Å². The van der Waals surface area contributed by atoms with Gasteiger partial charge in [-0.25, -0.2) is 4.99 Å². The second kappa shape index (κ2) is 6.83. The van der Waals surface area contributed by atoms with Gasteiger partial charge in [0.05, 0.1) is 13.7 Å². The van der Waals surface area contributed by atoms with Crippen molar-refractivity contribution in [1.29, 1.82) is 0 Å². The summed E-state index contributed by atoms with van der Waals surface area (Å²) < 4.78 is 5.24. The lowest BCUT2D eigenvalue weighted by atomic mass is 10.1. The maximum absolute atomic E-state index is 5.93. The molecule has 0 aliphatic heterocycles. The van der Waals surface area contributed by atoms with Gasteiger partial charge in [-0.1, -0.05) is 36.4 Å². The van der Waals surface area contributed by atoms with Crippen molar-refractivity contribution < 1.29 is 4.74 Å². The standard InChI is InChI=1S/C19H19N3O/c1-23-18-10-9-15-11-14(7-8-16(15)12-18)13-21-19(20)22-17-5-3-2-4-6-17/h2-12H,13H2,1H3,(H3,20,21,22). The van der Waals surface area contributed by atoms with Crippen molar-refractivity contribution in [1.82, 2.24) is 0 Å². The van der Waals surface area contributed by atoms with E-state index in [9.17, 15) is 0 Å². The number of nitrogens with two attached hydrogens (primary N) is 1. The molecule has 0 unspecified atom stereocenters. The van der Waals surface area contributed by atoms with E-state index >= 15 is 0 Å². The van der Waals surface area contributed by atoms with Gasteiger partial charge in [0.25, 0.3) is 0 Å². The number of fused-ring (bicyclic) bond motifs is 1. The summed E-state index contributed by atoms with van der Waals surface area (Å²) in [6.07, 6.45) is 0. The molecule has 23 heavy (non-hydrogen) atoms. The summed E-state index contributed by atoms with van der Waals surface area (Å²) >= 11 is 0. The van der Waals surface area contributed by atoms with Gasteiger partial charge in [-0.3, -0.25) is 0 Å². The third-order valence-electron chi connectivity index (χ3n) is 3.59. The highest BCUT2D eigenvalue weighted by Crippen LogP contribution is 2.22. The van der Waals surface area contributed by atoms with Crippen LogP contribution in [0.15, 0.2) is 71.7 Å². The average Bonchev–Trinajstić information content (AvgIpc) is 2.60. The molecular weight excluding hydrogens is 286 g/mol. The summed E-state index contributed by atoms with van der Waals surface area (Å²) in [7, 11) is 1.67. The van der Waals surface area contributed by atoms with E-state index in [1.54, 1.807) is 7.11 Å². The number of hydrogen-bond donors (Lipinski definition) is 2. The molecule has 0 heterocycles. The monoisotopic (exact) mass is 305 g/mol. The number of nitrogens with one attached hydrogen (secondary N) is 1. The first-order chi connectivity index (χ1) is 11.2. The molecule has 0 saturated carbocycles. The molecule has 0 amide bonds. The van der Waals surface area contributed by atoms with Gasteiger partial charge in [0.2, 0.25) is 0 Å². The van der Waals surface area contributed by atoms with Gasteiger partial charge in [0, 0.05) is 5.69 Å². The molecule has 3 rings (SSSR count). The lowest BCUT2D eigenvalue weighted by Gasteiger charge is -2.06. The molecule has 3 aromatic rings. The molecule has 4 heteroatoms. The predicted molar refractivity (Wildman–Crippen MR) is 95.9 cm³/mol. The van der Waals surface area contributed by atoms with E-state index in [1.165, 1.54) is 0 Å². The normalized spacial score (nSPS) is 11.4. The van der Waals surface area contributed by atoms with Crippen molar-refractivity contribution >= 4 is 22.4 Å². The zero-order valence-corrected chi connectivity index (χ0v) is 13.0. The Morgan fingerprint density at radius 2 is 1.74 bits per heavy atom. The van der Waals surface area contributed by atoms with Crippen LogP contribution in [0.4, 0.5) is 5.69 Å². The Morgan fingerprint density at radius 3 is 2.52 bits per heavy atom. The van der Waals surface area contributed by atoms with E-state index in [-0.39, 0.29) is 0 Å². The number of hydrogen-bond acceptors (Lipinski definition) is 2. The smallest absolute Gasteiger partial charge is 0.193 e. The number of aliphatic imine (C=N–C) groups is 1. The second-order valence-electron chi connectivity index (χ2n) is 5.24. The molecule has 0 aliphatic rings. The summed E-state index contributed by atoms with van der Waals surface area (Å²) in [5.74, 6) is 1.27. The van der Waals surface area contributed by atoms with Crippen molar-refractivity contribution in [2.24, 2.45) is 10.7 Å². The first-order valence-electron chi connectivity index (χ1n) is 7.43. The summed E-state index contributed by atoms with van der Waals surface area (Å²) in [6, 6.07) is 22.0. The predicted octanol–water partition coefficient (Wildman–Crippen LogP) is 3.78. The van der Waals surface area contributed by atoms with Crippen molar-refractivity contribution in [3.05, 3.63) is 72.3 Å². The quantitative estimate of drug-likeness (QED) is 0.570. The lowest BCUT2D eigenvalue weighted by Crippen LogP contribution is -2.22. The Morgan fingerprint density at radius 1 is 1.00 bits per heavy atom. The van der Waals surface area contributed by atoms with Crippen LogP contribution in [0.3, 0.4) is 0 Å². The number of guanidine groups is 1. The lowest BCUT2D eigenvalue weighted by molar-refractivity contribution is 0.415. The molecule has 3 N–H and O–H groups in total. The van der Waals surface area contributed by atoms with Gasteiger partial charge in [-0.2, -0.15) is 0 Å². The van der Waals surface area contributed by atoms with Crippen molar-refractivity contribution in [2.75, 3.05) is 12.4 Å². The minimum Gasteiger partial charge on any atom is -0.497 e. The average molecular weight is 305 g/mol. The highest BCUT2D eigenvalue weighted by atomic mass is 16.5. The minimum atomic E-state index is 0.408. The fourth-order valence-corrected chi connectivity index (χ4v) is 2.38. The molecule has 0 atom stereocenters. The van der Waals surface area contributed by atoms with Crippen LogP contribution in [0.25, 0.3) is 10.8 Å². The maximum Gasteiger partial charge on any atom is 0.193 e. The van der Waals surface area contributed by atoms with E-state index in [1.807, 2.05) is 48.5 Å². The Hall–Kier alpha value is -3.01. The minimum absolute atomic E-state index is 0.408. The van der Waals surface area contributed by atoms with E-state index < -0.39 is 0 Å². The molecule has 0 radical (unpaired) electrons. The van der Waals surface area contributed by atoms with Gasteiger partial charge >= 0.3 is 0 Å². The van der Waals surface area contributed by atoms with E-state index in [2.05, 4.69) is 28.5 Å². The van der Waals surface area contributed by atoms with Crippen molar-refractivity contribution in [3.8, 4) is 5.75 Å². The van der Waals surface area contributed by atoms with E-state index in [0.29, 0.717) is 12.5 Å². The number of benzene rings is 3. The van der Waals surface area contributed by atoms with Crippen molar-refractivity contribution in [3.63, 3.8) is 0 Å². The molecule has 4 nitrogen and oxygen atoms in total. The van der Waals surface area contributed by atoms with E-state index in [0.717, 1.165) is 27.8 Å². The van der Waals surface area contributed by atoms with Crippen LogP contribution in [0.5, 0.6) is 5.75 Å². The SMILES string of the molecule is COc1ccc2cc(CN=C(N)Nc3ccccc3)ccc2c1. The zero-order valence-electron chi connectivity index (χ0n) is 13.0. The number of rotatable bonds is 4. The Bertz CT molecular complexity index is 828. The summed E-state index contributed by atoms with van der Waals surface area (Å²) in [6.45, 7) is 0.535. The molecule has 0 bridgehead atoms. The topological polar surface area (TPSA) is 59.6 Å². The fourth-order valence-electron chi connectivity index (χ4n) is 2.38. The second-order valence-corrected chi connectivity index (χ2v) is 5.24. The van der Waals surface area contributed by atoms with Gasteiger partial charge in [-0.05, 0) is 46.7 Å². The Kier molecular flexibility index (Phi) is 4.43. The van der Waals surface area contributed by atoms with Crippen LogP contribution in [0.2, 0.25) is 0 Å². The van der Waals surface area contributed by atoms with Crippen LogP contribution in [-0.4, -0.2) is 13.1 Å². The first-order valence-corrected chi connectivity index (χ1v) is 7.43. The summed E-state index contributed by atoms with van der Waals surface area (Å²) in [4.78, 5) is 4.39. The van der Waals surface area contributed by atoms with Gasteiger partial charge in [0.1, 0.15) is 5.75 Å². The number of anilines is 1. The molecule has 3 aromatic carbocycles. The van der Waals surface area contributed by atoms with Crippen molar-refractivity contribution in [2.45, 2.75) is 6.54 Å². The molecular formula is C19H19N3O. The Balaban J connectivity index is 1.72. The van der Waals surface area contributed by atoms with Crippen LogP contribution in [0.1, 0.15) is 5.56 Å². The Labute approximate surface area is 135 Å². The van der Waals surface area contributed by atoms with Gasteiger partial charge < -0.3 is 15.8 Å². The summed E-state index contributed by atoms with van der Waals surface area (Å²) in [5, 5.41) is 5.38. The highest BCUT2D eigenvalue weighted by molar-refractivity contribution is 5.92. The molecule has 0 aliphatic carbocycles. The van der Waals surface area contributed by atoms with Crippen LogP contribution in [-0.2, 0) is 6.54 Å². The first kappa shape index (κ1) is 14.9. The van der Waals surface area contributed by atoms with Gasteiger partial charge in [0.15, 0.2) is 5.96 Å². The zero-order chi connectivity index (χ0) is 16.1. The molecule has 0 fully saturated rings. The molecule has 0 aromatic heterocycles. The maximum atomic E-state index is 5.93. The molecule has 0 saturated heterocycles. The molecule has 0 spiro atoms. The van der Waals surface area contributed by atoms with Crippen LogP contribution >= 0.6 is 0 Å². The van der Waals surface area contributed by atoms with Gasteiger partial charge in [-0.15, -0.1) is 0 Å². The number of ether oxygens (including phenoxy) is 1. The third-order valence-corrected chi connectivity index (χ3v) is 3.59. The fraction of sp³-hybridized carbons (Fsp3) is 0.105. The number of methoxy groups -OCH3 is 1. The largest absolute Gasteiger partial charge is 0.497 e. The third kappa shape index (κ3) is 3.80. The van der Waals surface area contributed by atoms with E-state index in [4.69, 9.17) is 10.5 Å². The molecule has 116 valence electrons. The highest BCUT2D eigenvalue weighted by Gasteiger charge is 1.99.